The largest absolute Gasteiger partial charge is 0.437 e. The maximum absolute atomic E-state index is 5.96. The van der Waals surface area contributed by atoms with E-state index in [1.165, 1.54) is 0 Å². The van der Waals surface area contributed by atoms with E-state index in [1.807, 2.05) is 30.3 Å². The van der Waals surface area contributed by atoms with Gasteiger partial charge in [0.15, 0.2) is 0 Å². The molecule has 3 rings (SSSR count). The van der Waals surface area contributed by atoms with Gasteiger partial charge in [0.25, 0.3) is 0 Å². The van der Waals surface area contributed by atoms with E-state index >= 15 is 0 Å². The fourth-order valence-corrected chi connectivity index (χ4v) is 2.29. The molecule has 0 radical (unpaired) electrons. The molecule has 0 amide bonds. The second-order valence-corrected chi connectivity index (χ2v) is 4.85. The molecule has 0 aliphatic rings. The molecule has 0 spiro atoms. The number of hydrogen-bond acceptors (Lipinski definition) is 3. The highest BCUT2D eigenvalue weighted by Crippen LogP contribution is 2.25. The van der Waals surface area contributed by atoms with Crippen LogP contribution in [0.1, 0.15) is 5.69 Å². The molecule has 2 aromatic heterocycles. The minimum atomic E-state index is 0.242. The Morgan fingerprint density at radius 1 is 1.10 bits per heavy atom. The Morgan fingerprint density at radius 2 is 1.95 bits per heavy atom. The van der Waals surface area contributed by atoms with E-state index in [0.717, 1.165) is 10.9 Å². The van der Waals surface area contributed by atoms with E-state index in [2.05, 4.69) is 9.97 Å². The van der Waals surface area contributed by atoms with E-state index in [9.17, 15) is 0 Å². The summed E-state index contributed by atoms with van der Waals surface area (Å²) in [7, 11) is 0. The van der Waals surface area contributed by atoms with Gasteiger partial charge in [-0.3, -0.25) is 4.98 Å². The average molecular weight is 305 g/mol. The van der Waals surface area contributed by atoms with E-state index in [-0.39, 0.29) is 5.88 Å². The number of ether oxygens (including phenoxy) is 1. The van der Waals surface area contributed by atoms with Gasteiger partial charge in [-0.2, -0.15) is 0 Å². The molecule has 0 atom stereocenters. The van der Waals surface area contributed by atoms with Crippen molar-refractivity contribution in [3.8, 4) is 11.6 Å². The molecule has 0 bridgehead atoms. The second-order valence-electron chi connectivity index (χ2n) is 4.18. The molecule has 0 saturated heterocycles. The van der Waals surface area contributed by atoms with Crippen LogP contribution in [0.3, 0.4) is 0 Å². The first-order valence-electron chi connectivity index (χ1n) is 6.00. The molecule has 0 N–H and O–H groups in total. The highest BCUT2D eigenvalue weighted by Gasteiger charge is 2.05. The van der Waals surface area contributed by atoms with Crippen LogP contribution in [-0.4, -0.2) is 9.97 Å². The number of alkyl halides is 1. The van der Waals surface area contributed by atoms with Crippen LogP contribution in [0.5, 0.6) is 11.6 Å². The maximum Gasteiger partial charge on any atom is 0.219 e. The van der Waals surface area contributed by atoms with Gasteiger partial charge in [-0.1, -0.05) is 29.8 Å². The zero-order valence-electron chi connectivity index (χ0n) is 10.4. The molecule has 0 saturated carbocycles. The Hall–Kier alpha value is -1.84. The van der Waals surface area contributed by atoms with Crippen LogP contribution in [0.25, 0.3) is 10.9 Å². The number of pyridine rings is 2. The molecule has 20 heavy (non-hydrogen) atoms. The van der Waals surface area contributed by atoms with Crippen molar-refractivity contribution in [2.45, 2.75) is 5.88 Å². The lowest BCUT2D eigenvalue weighted by molar-refractivity contribution is 0.460. The predicted octanol–water partition coefficient (Wildman–Crippen LogP) is 4.81. The minimum absolute atomic E-state index is 0.242. The first kappa shape index (κ1) is 13.2. The van der Waals surface area contributed by atoms with Gasteiger partial charge >= 0.3 is 0 Å². The van der Waals surface area contributed by atoms with Crippen molar-refractivity contribution in [3.63, 3.8) is 0 Å². The zero-order chi connectivity index (χ0) is 13.9. The lowest BCUT2D eigenvalue weighted by atomic mass is 10.2. The molecular formula is C15H10Cl2N2O. The van der Waals surface area contributed by atoms with Crippen LogP contribution in [0.15, 0.2) is 48.7 Å². The number of nitrogens with zero attached hydrogens (tertiary/aromatic N) is 2. The van der Waals surface area contributed by atoms with Crippen molar-refractivity contribution in [2.24, 2.45) is 0 Å². The van der Waals surface area contributed by atoms with Crippen molar-refractivity contribution in [2.75, 3.05) is 0 Å². The predicted molar refractivity (Wildman–Crippen MR) is 80.6 cm³/mol. The van der Waals surface area contributed by atoms with Crippen molar-refractivity contribution < 1.29 is 4.74 Å². The number of hydrogen-bond donors (Lipinski definition) is 0. The summed E-state index contributed by atoms with van der Waals surface area (Å²) in [4.78, 5) is 8.58. The summed E-state index contributed by atoms with van der Waals surface area (Å²) in [5.74, 6) is 1.31. The lowest BCUT2D eigenvalue weighted by Crippen LogP contribution is -1.93. The number of rotatable bonds is 3. The third kappa shape index (κ3) is 2.69. The highest BCUT2D eigenvalue weighted by molar-refractivity contribution is 6.32. The maximum atomic E-state index is 5.96. The Kier molecular flexibility index (Phi) is 3.72. The average Bonchev–Trinajstić information content (AvgIpc) is 2.49. The molecule has 0 unspecified atom stereocenters. The van der Waals surface area contributed by atoms with Crippen LogP contribution in [0.2, 0.25) is 5.02 Å². The molecule has 1 aromatic carbocycles. The van der Waals surface area contributed by atoms with Crippen LogP contribution in [0, 0.1) is 0 Å². The molecule has 0 aliphatic heterocycles. The number of para-hydroxylation sites is 1. The normalized spacial score (nSPS) is 10.7. The molecule has 2 heterocycles. The second kappa shape index (κ2) is 5.65. The summed E-state index contributed by atoms with van der Waals surface area (Å²) in [5, 5.41) is 1.54. The minimum Gasteiger partial charge on any atom is -0.437 e. The monoisotopic (exact) mass is 304 g/mol. The third-order valence-electron chi connectivity index (χ3n) is 2.81. The van der Waals surface area contributed by atoms with Gasteiger partial charge in [-0.15, -0.1) is 11.6 Å². The number of aromatic nitrogens is 2. The van der Waals surface area contributed by atoms with E-state index in [4.69, 9.17) is 27.9 Å². The molecule has 0 aliphatic carbocycles. The van der Waals surface area contributed by atoms with Gasteiger partial charge in [0, 0.05) is 11.5 Å². The first-order valence-corrected chi connectivity index (χ1v) is 6.91. The summed E-state index contributed by atoms with van der Waals surface area (Å²) in [5.41, 5.74) is 1.52. The van der Waals surface area contributed by atoms with Gasteiger partial charge in [-0.05, 0) is 18.2 Å². The number of halogens is 2. The molecule has 3 nitrogen and oxygen atoms in total. The van der Waals surface area contributed by atoms with Crippen molar-refractivity contribution in [1.82, 2.24) is 9.97 Å². The zero-order valence-corrected chi connectivity index (χ0v) is 11.9. The van der Waals surface area contributed by atoms with E-state index in [1.54, 1.807) is 18.3 Å². The fourth-order valence-electron chi connectivity index (χ4n) is 1.84. The SMILES string of the molecule is ClCc1nc(Oc2cnc3ccccc3c2)ccc1Cl. The quantitative estimate of drug-likeness (QED) is 0.651. The topological polar surface area (TPSA) is 35.0 Å². The smallest absolute Gasteiger partial charge is 0.219 e. The summed E-state index contributed by atoms with van der Waals surface area (Å²) < 4.78 is 5.69. The Balaban J connectivity index is 1.92. The first-order chi connectivity index (χ1) is 9.76. The van der Waals surface area contributed by atoms with Gasteiger partial charge in [-0.25, -0.2) is 4.98 Å². The Bertz CT molecular complexity index is 762. The summed E-state index contributed by atoms with van der Waals surface area (Å²) in [6.45, 7) is 0. The highest BCUT2D eigenvalue weighted by atomic mass is 35.5. The molecule has 0 fully saturated rings. The third-order valence-corrected chi connectivity index (χ3v) is 3.40. The standard InChI is InChI=1S/C15H10Cl2N2O/c16-8-14-12(17)5-6-15(19-14)20-11-7-10-3-1-2-4-13(10)18-9-11/h1-7,9H,8H2. The van der Waals surface area contributed by atoms with Crippen molar-refractivity contribution >= 4 is 34.1 Å². The summed E-state index contributed by atoms with van der Waals surface area (Å²) >= 11 is 11.7. The van der Waals surface area contributed by atoms with Gasteiger partial charge < -0.3 is 4.74 Å². The van der Waals surface area contributed by atoms with Crippen LogP contribution >= 0.6 is 23.2 Å². The summed E-state index contributed by atoms with van der Waals surface area (Å²) in [6.07, 6.45) is 1.67. The molecule has 100 valence electrons. The number of benzene rings is 1. The fraction of sp³-hybridized carbons (Fsp3) is 0.0667. The van der Waals surface area contributed by atoms with Crippen molar-refractivity contribution in [1.29, 1.82) is 0 Å². The van der Waals surface area contributed by atoms with Crippen LogP contribution < -0.4 is 4.74 Å². The molecular weight excluding hydrogens is 295 g/mol. The number of fused-ring (bicyclic) bond motifs is 1. The van der Waals surface area contributed by atoms with E-state index < -0.39 is 0 Å². The van der Waals surface area contributed by atoms with Crippen LogP contribution in [-0.2, 0) is 5.88 Å². The van der Waals surface area contributed by atoms with Crippen molar-refractivity contribution in [3.05, 3.63) is 59.4 Å². The van der Waals surface area contributed by atoms with Crippen LogP contribution in [0.4, 0.5) is 0 Å². The Labute approximate surface area is 126 Å². The summed E-state index contributed by atoms with van der Waals surface area (Å²) in [6, 6.07) is 13.2. The molecule has 3 aromatic rings. The lowest BCUT2D eigenvalue weighted by Gasteiger charge is -2.07. The van der Waals surface area contributed by atoms with Gasteiger partial charge in [0.1, 0.15) is 5.75 Å². The van der Waals surface area contributed by atoms with Gasteiger partial charge in [0.2, 0.25) is 5.88 Å². The molecule has 5 heteroatoms. The Morgan fingerprint density at radius 3 is 2.80 bits per heavy atom. The van der Waals surface area contributed by atoms with E-state index in [0.29, 0.717) is 22.3 Å². The van der Waals surface area contributed by atoms with Gasteiger partial charge in [0.05, 0.1) is 28.3 Å².